The molecule has 1 aromatic carbocycles. The quantitative estimate of drug-likeness (QED) is 0.120. The first-order valence-electron chi connectivity index (χ1n) is 12.0. The van der Waals surface area contributed by atoms with E-state index in [2.05, 4.69) is 13.5 Å². The number of nitrogens with zero attached hydrogens (tertiary/aromatic N) is 2. The van der Waals surface area contributed by atoms with Crippen molar-refractivity contribution < 1.29 is 27.4 Å². The molecule has 2 heterocycles. The van der Waals surface area contributed by atoms with E-state index in [0.717, 1.165) is 36.2 Å². The predicted molar refractivity (Wildman–Crippen MR) is 145 cm³/mol. The maximum atomic E-state index is 13.3. The van der Waals surface area contributed by atoms with Crippen LogP contribution >= 0.6 is 31.7 Å². The molecule has 37 heavy (non-hydrogen) atoms. The van der Waals surface area contributed by atoms with Crippen molar-refractivity contribution in [3.8, 4) is 0 Å². The second-order valence-electron chi connectivity index (χ2n) is 9.56. The third-order valence-electron chi connectivity index (χ3n) is 6.91. The first kappa shape index (κ1) is 28.3. The Morgan fingerprint density at radius 3 is 2.81 bits per heavy atom. The zero-order chi connectivity index (χ0) is 26.7. The van der Waals surface area contributed by atoms with E-state index >= 15 is 0 Å². The van der Waals surface area contributed by atoms with E-state index in [4.69, 9.17) is 26.8 Å². The number of halogens is 5. The summed E-state index contributed by atoms with van der Waals surface area (Å²) >= 11 is 3.87. The number of ketones is 1. The van der Waals surface area contributed by atoms with Crippen LogP contribution in [0.5, 0.6) is 0 Å². The molecule has 0 bridgehead atoms. The Morgan fingerprint density at radius 2 is 2.08 bits per heavy atom. The fourth-order valence-electron chi connectivity index (χ4n) is 4.94. The molecule has 0 saturated carbocycles. The van der Waals surface area contributed by atoms with Gasteiger partial charge in [0.05, 0.1) is 0 Å². The summed E-state index contributed by atoms with van der Waals surface area (Å²) in [6.45, 7) is 1.18. The van der Waals surface area contributed by atoms with E-state index in [1.165, 1.54) is 0 Å². The molecule has 2 aliphatic rings. The predicted octanol–water partition coefficient (Wildman–Crippen LogP) is 5.57. The summed E-state index contributed by atoms with van der Waals surface area (Å²) < 4.78 is 54.7. The van der Waals surface area contributed by atoms with Crippen molar-refractivity contribution in [2.75, 3.05) is 34.5 Å². The molecule has 1 saturated heterocycles. The Labute approximate surface area is 226 Å². The number of fused-ring (bicyclic) bond motifs is 1. The van der Waals surface area contributed by atoms with Crippen molar-refractivity contribution in [1.29, 1.82) is 0 Å². The van der Waals surface area contributed by atoms with E-state index < -0.39 is 31.8 Å². The number of hydrogen-bond donors (Lipinski definition) is 2. The van der Waals surface area contributed by atoms with Gasteiger partial charge in [0, 0.05) is 7.11 Å². The van der Waals surface area contributed by atoms with Crippen molar-refractivity contribution in [2.45, 2.75) is 50.8 Å². The normalized spacial score (nSPS) is 22.0. The number of nitrogens with one attached hydrogen (secondary N) is 1. The van der Waals surface area contributed by atoms with Crippen LogP contribution in [-0.4, -0.2) is 47.1 Å². The number of ether oxygens (including phenoxy) is 2. The summed E-state index contributed by atoms with van der Waals surface area (Å²) in [7, 11) is 1.65. The molecule has 3 atom stereocenters. The van der Waals surface area contributed by atoms with Crippen LogP contribution in [0.4, 0.5) is 24.7 Å². The van der Waals surface area contributed by atoms with Gasteiger partial charge in [0.1, 0.15) is 0 Å². The summed E-state index contributed by atoms with van der Waals surface area (Å²) in [4.78, 5) is 23.4. The summed E-state index contributed by atoms with van der Waals surface area (Å²) in [6.07, 6.45) is -0.621. The molecule has 12 heteroatoms. The number of hydrogen-bond acceptors (Lipinski definition) is 7. The number of alkyl halides is 4. The number of carbonyl (C=O) groups excluding carboxylic acids is 1. The van der Waals surface area contributed by atoms with Crippen LogP contribution in [0.25, 0.3) is 0 Å². The number of nitrogen functional groups attached to an aromatic ring is 1. The Hall–Kier alpha value is -1.70. The molecule has 1 aliphatic carbocycles. The zero-order valence-corrected chi connectivity index (χ0v) is 23.6. The summed E-state index contributed by atoms with van der Waals surface area (Å²) in [5.41, 5.74) is 6.83. The van der Waals surface area contributed by atoms with Gasteiger partial charge in [-0.15, -0.1) is 0 Å². The van der Waals surface area contributed by atoms with Crippen molar-refractivity contribution in [1.82, 2.24) is 9.97 Å². The molecular weight excluding hydrogens is 624 g/mol. The average Bonchev–Trinajstić information content (AvgIpc) is 3.25. The Balaban J connectivity index is 1.40. The van der Waals surface area contributed by atoms with Crippen LogP contribution < -0.4 is 9.26 Å². The Bertz CT molecular complexity index is 1140. The number of carbonyl (C=O) groups is 1. The standard InChI is InChI=1S/C25H31ClF3IN4O3/c1-30(17-10-16(25(27,28)29)11-18(31)12-17)34-23-20-7-14(8-21(20)32-24(26)33-23)3-4-19(35)9-15-5-6-37-13-22(15)36-2/h10-12,14-15,22H,3-9,13,31H2,1-2H3,(H,32,33,34). The second-order valence-corrected chi connectivity index (χ2v) is 14.4. The van der Waals surface area contributed by atoms with Crippen LogP contribution in [0, 0.1) is 15.4 Å². The number of nitrogens with two attached hydrogens (primary N) is 1. The fraction of sp³-hybridized carbons (Fsp3) is 0.560. The topological polar surface area (TPSA) is 99.4 Å². The molecule has 3 unspecified atom stereocenters. The van der Waals surface area contributed by atoms with Crippen molar-refractivity contribution in [3.63, 3.8) is 0 Å². The minimum absolute atomic E-state index is 0.0432. The summed E-state index contributed by atoms with van der Waals surface area (Å²) in [5.74, 6) is 1.20. The van der Waals surface area contributed by atoms with E-state index in [9.17, 15) is 18.0 Å². The molecule has 0 spiro atoms. The third-order valence-corrected chi connectivity index (χ3v) is 10.9. The maximum absolute atomic E-state index is 13.3. The van der Waals surface area contributed by atoms with Crippen LogP contribution in [0.15, 0.2) is 18.2 Å². The molecule has 4 rings (SSSR count). The molecule has 3 N–H and O–H groups in total. The second kappa shape index (κ2) is 12.0. The van der Waals surface area contributed by atoms with Gasteiger partial charge >= 0.3 is 216 Å². The number of Topliss-reactive ketones (excluding diaryl/α,β-unsaturated/α-hetero) is 1. The van der Waals surface area contributed by atoms with Crippen LogP contribution in [0.2, 0.25) is 5.28 Å². The molecule has 1 aromatic heterocycles. The average molecular weight is 655 g/mol. The van der Waals surface area contributed by atoms with Gasteiger partial charge in [-0.25, -0.2) is 0 Å². The SMILES string of the molecule is COC1COCCC1CC(=O)CCC1Cc2nc(Cl)nc(NI(C)c3cc(N)cc(C(F)(F)F)c3)c2C1. The zero-order valence-electron chi connectivity index (χ0n) is 20.7. The minimum atomic E-state index is -4.47. The number of rotatable bonds is 9. The first-order chi connectivity index (χ1) is 17.5. The fourth-order valence-corrected chi connectivity index (χ4v) is 8.28. The number of anilines is 2. The van der Waals surface area contributed by atoms with Crippen molar-refractivity contribution >= 4 is 49.0 Å². The van der Waals surface area contributed by atoms with Crippen molar-refractivity contribution in [2.24, 2.45) is 11.8 Å². The van der Waals surface area contributed by atoms with Crippen molar-refractivity contribution in [3.05, 3.63) is 43.9 Å². The molecule has 7 nitrogen and oxygen atoms in total. The van der Waals surface area contributed by atoms with Gasteiger partial charge in [-0.1, -0.05) is 0 Å². The van der Waals surface area contributed by atoms with Gasteiger partial charge in [-0.3, -0.25) is 0 Å². The monoisotopic (exact) mass is 654 g/mol. The molecule has 0 amide bonds. The summed E-state index contributed by atoms with van der Waals surface area (Å²) in [6, 6.07) is 3.67. The van der Waals surface area contributed by atoms with E-state index in [0.29, 0.717) is 48.3 Å². The molecule has 204 valence electrons. The number of benzene rings is 1. The Kier molecular flexibility index (Phi) is 9.18. The van der Waals surface area contributed by atoms with E-state index in [1.807, 2.05) is 4.93 Å². The van der Waals surface area contributed by atoms with E-state index in [-0.39, 0.29) is 34.7 Å². The molecule has 0 radical (unpaired) electrons. The molecule has 2 aromatic rings. The van der Waals surface area contributed by atoms with E-state index in [1.54, 1.807) is 13.2 Å². The Morgan fingerprint density at radius 1 is 1.30 bits per heavy atom. The van der Waals surface area contributed by atoms with Gasteiger partial charge < -0.3 is 4.74 Å². The van der Waals surface area contributed by atoms with Crippen LogP contribution in [-0.2, 0) is 33.3 Å². The molecule has 1 aliphatic heterocycles. The summed E-state index contributed by atoms with van der Waals surface area (Å²) in [5, 5.41) is 0.0935. The third kappa shape index (κ3) is 7.24. The number of aromatic nitrogens is 2. The van der Waals surface area contributed by atoms with Crippen LogP contribution in [0.3, 0.4) is 0 Å². The van der Waals surface area contributed by atoms with Gasteiger partial charge in [0.25, 0.3) is 0 Å². The van der Waals surface area contributed by atoms with Crippen LogP contribution in [0.1, 0.15) is 42.5 Å². The van der Waals surface area contributed by atoms with Gasteiger partial charge in [-0.05, 0) is 0 Å². The number of methoxy groups -OCH3 is 1. The van der Waals surface area contributed by atoms with Gasteiger partial charge in [0.2, 0.25) is 0 Å². The van der Waals surface area contributed by atoms with Gasteiger partial charge in [-0.2, -0.15) is 0 Å². The molecular formula is C25H31ClF3IN4O3. The van der Waals surface area contributed by atoms with Gasteiger partial charge in [0.15, 0.2) is 0 Å². The molecule has 1 fully saturated rings. The first-order valence-corrected chi connectivity index (χ1v) is 16.7.